The minimum Gasteiger partial charge on any atom is -0.444 e. The first-order valence-corrected chi connectivity index (χ1v) is 15.6. The molecule has 226 valence electrons. The van der Waals surface area contributed by atoms with Gasteiger partial charge in [-0.25, -0.2) is 4.79 Å². The third-order valence-electron chi connectivity index (χ3n) is 7.84. The zero-order valence-corrected chi connectivity index (χ0v) is 26.2. The van der Waals surface area contributed by atoms with Crippen LogP contribution in [-0.2, 0) is 14.3 Å². The van der Waals surface area contributed by atoms with Gasteiger partial charge >= 0.3 is 6.09 Å². The number of unbranched alkanes of at least 4 members (excludes halogenated alkanes) is 4. The number of carbonyl (C=O) groups is 3. The van der Waals surface area contributed by atoms with Gasteiger partial charge in [-0.05, 0) is 58.4 Å². The smallest absolute Gasteiger partial charge is 0.408 e. The predicted octanol–water partition coefficient (Wildman–Crippen LogP) is 7.22. The number of carbonyl (C=O) groups excluding carboxylic acids is 3. The van der Waals surface area contributed by atoms with Crippen LogP contribution in [0.15, 0.2) is 24.3 Å². The van der Waals surface area contributed by atoms with E-state index in [0.717, 1.165) is 68.9 Å². The predicted molar refractivity (Wildman–Crippen MR) is 162 cm³/mol. The number of benzene rings is 1. The standard InChI is InChI=1S/C33H55N3O4/c1-8-10-11-12-16-23-36(31(38)28(25(4)9-2)35-32(39)40-33(5,6)7)29(26-21-19-24(3)20-22-26)30(37)34-27-17-14-13-15-18-27/h19-22,25,27-29H,8-18,23H2,1-7H3,(H,34,37)(H,35,39). The van der Waals surface area contributed by atoms with Crippen LogP contribution in [0.4, 0.5) is 4.79 Å². The Hall–Kier alpha value is -2.57. The van der Waals surface area contributed by atoms with Crippen molar-refractivity contribution >= 4 is 17.9 Å². The first-order chi connectivity index (χ1) is 19.0. The molecule has 2 N–H and O–H groups in total. The zero-order chi connectivity index (χ0) is 29.7. The lowest BCUT2D eigenvalue weighted by molar-refractivity contribution is -0.144. The third kappa shape index (κ3) is 11.1. The van der Waals surface area contributed by atoms with E-state index >= 15 is 0 Å². The minimum atomic E-state index is -0.800. The normalized spacial score (nSPS) is 16.5. The van der Waals surface area contributed by atoms with Gasteiger partial charge in [-0.3, -0.25) is 9.59 Å². The second-order valence-electron chi connectivity index (χ2n) is 12.6. The van der Waals surface area contributed by atoms with Crippen molar-refractivity contribution in [2.75, 3.05) is 6.54 Å². The summed E-state index contributed by atoms with van der Waals surface area (Å²) in [5.41, 5.74) is 1.20. The summed E-state index contributed by atoms with van der Waals surface area (Å²) in [5.74, 6) is -0.513. The van der Waals surface area contributed by atoms with Gasteiger partial charge in [0.1, 0.15) is 17.7 Å². The summed E-state index contributed by atoms with van der Waals surface area (Å²) < 4.78 is 5.52. The molecule has 0 heterocycles. The lowest BCUT2D eigenvalue weighted by Crippen LogP contribution is -2.56. The van der Waals surface area contributed by atoms with Crippen LogP contribution in [0.1, 0.15) is 129 Å². The number of rotatable bonds is 14. The number of alkyl carbamates (subject to hydrolysis) is 1. The monoisotopic (exact) mass is 557 g/mol. The number of aryl methyl sites for hydroxylation is 1. The molecule has 3 amide bonds. The quantitative estimate of drug-likeness (QED) is 0.236. The van der Waals surface area contributed by atoms with Crippen LogP contribution in [0.3, 0.4) is 0 Å². The van der Waals surface area contributed by atoms with E-state index < -0.39 is 23.8 Å². The molecule has 1 aliphatic rings. The lowest BCUT2D eigenvalue weighted by atomic mass is 9.93. The van der Waals surface area contributed by atoms with E-state index in [9.17, 15) is 14.4 Å². The highest BCUT2D eigenvalue weighted by molar-refractivity contribution is 5.92. The zero-order valence-electron chi connectivity index (χ0n) is 26.2. The van der Waals surface area contributed by atoms with E-state index in [1.165, 1.54) is 6.42 Å². The van der Waals surface area contributed by atoms with Crippen LogP contribution in [-0.4, -0.2) is 47.0 Å². The molecule has 1 aromatic carbocycles. The van der Waals surface area contributed by atoms with Crippen molar-refractivity contribution in [3.05, 3.63) is 35.4 Å². The maximum absolute atomic E-state index is 14.4. The Morgan fingerprint density at radius 2 is 1.60 bits per heavy atom. The Kier molecular flexibility index (Phi) is 14.0. The van der Waals surface area contributed by atoms with E-state index in [2.05, 4.69) is 17.6 Å². The summed E-state index contributed by atoms with van der Waals surface area (Å²) in [6, 6.07) is 6.45. The summed E-state index contributed by atoms with van der Waals surface area (Å²) in [4.78, 5) is 43.0. The van der Waals surface area contributed by atoms with Gasteiger partial charge in [0.05, 0.1) is 0 Å². The van der Waals surface area contributed by atoms with Gasteiger partial charge in [-0.1, -0.05) is 102 Å². The Morgan fingerprint density at radius 3 is 2.17 bits per heavy atom. The first kappa shape index (κ1) is 33.6. The first-order valence-electron chi connectivity index (χ1n) is 15.6. The maximum Gasteiger partial charge on any atom is 0.408 e. The molecular weight excluding hydrogens is 502 g/mol. The number of amides is 3. The van der Waals surface area contributed by atoms with E-state index in [0.29, 0.717) is 13.0 Å². The lowest BCUT2D eigenvalue weighted by Gasteiger charge is -2.37. The Balaban J connectivity index is 2.46. The van der Waals surface area contributed by atoms with Crippen molar-refractivity contribution in [1.82, 2.24) is 15.5 Å². The topological polar surface area (TPSA) is 87.7 Å². The van der Waals surface area contributed by atoms with Gasteiger partial charge in [-0.15, -0.1) is 0 Å². The Labute approximate surface area is 243 Å². The third-order valence-corrected chi connectivity index (χ3v) is 7.84. The molecule has 3 atom stereocenters. The molecule has 1 aromatic rings. The molecule has 0 bridgehead atoms. The number of nitrogens with one attached hydrogen (secondary N) is 2. The van der Waals surface area contributed by atoms with Crippen molar-refractivity contribution in [2.45, 2.75) is 143 Å². The van der Waals surface area contributed by atoms with Crippen molar-refractivity contribution in [2.24, 2.45) is 5.92 Å². The average Bonchev–Trinajstić information content (AvgIpc) is 2.90. The van der Waals surface area contributed by atoms with Crippen molar-refractivity contribution in [3.8, 4) is 0 Å². The summed E-state index contributed by atoms with van der Waals surface area (Å²) in [5, 5.41) is 6.15. The van der Waals surface area contributed by atoms with Crippen molar-refractivity contribution in [1.29, 1.82) is 0 Å². The minimum absolute atomic E-state index is 0.126. The molecule has 1 fully saturated rings. The highest BCUT2D eigenvalue weighted by Gasteiger charge is 2.38. The van der Waals surface area contributed by atoms with E-state index in [4.69, 9.17) is 4.74 Å². The van der Waals surface area contributed by atoms with Gasteiger partial charge in [0, 0.05) is 12.6 Å². The van der Waals surface area contributed by atoms with E-state index in [1.54, 1.807) is 25.7 Å². The molecule has 0 spiro atoms. The summed E-state index contributed by atoms with van der Waals surface area (Å²) >= 11 is 0. The van der Waals surface area contributed by atoms with Crippen LogP contribution < -0.4 is 10.6 Å². The fourth-order valence-corrected chi connectivity index (χ4v) is 5.30. The largest absolute Gasteiger partial charge is 0.444 e. The summed E-state index contributed by atoms with van der Waals surface area (Å²) in [6.45, 7) is 14.0. The SMILES string of the molecule is CCCCCCCN(C(=O)C(NC(=O)OC(C)(C)C)C(C)CC)C(C(=O)NC1CCCCC1)c1ccc(C)cc1. The van der Waals surface area contributed by atoms with E-state index in [1.807, 2.05) is 45.0 Å². The fourth-order valence-electron chi connectivity index (χ4n) is 5.30. The van der Waals surface area contributed by atoms with Crippen molar-refractivity contribution in [3.63, 3.8) is 0 Å². The summed E-state index contributed by atoms with van der Waals surface area (Å²) in [6.07, 6.45) is 10.6. The molecule has 0 aromatic heterocycles. The Morgan fingerprint density at radius 1 is 0.975 bits per heavy atom. The number of hydrogen-bond acceptors (Lipinski definition) is 4. The molecule has 0 aliphatic heterocycles. The number of hydrogen-bond donors (Lipinski definition) is 2. The molecule has 0 saturated heterocycles. The van der Waals surface area contributed by atoms with Gasteiger partial charge in [0.25, 0.3) is 0 Å². The molecule has 3 unspecified atom stereocenters. The van der Waals surface area contributed by atoms with Gasteiger partial charge in [-0.2, -0.15) is 0 Å². The molecular formula is C33H55N3O4. The van der Waals surface area contributed by atoms with Crippen LogP contribution in [0.2, 0.25) is 0 Å². The van der Waals surface area contributed by atoms with Gasteiger partial charge in [0.2, 0.25) is 11.8 Å². The Bertz CT molecular complexity index is 919. The average molecular weight is 558 g/mol. The molecule has 1 saturated carbocycles. The second-order valence-corrected chi connectivity index (χ2v) is 12.6. The van der Waals surface area contributed by atoms with Crippen molar-refractivity contribution < 1.29 is 19.1 Å². The van der Waals surface area contributed by atoms with Crippen LogP contribution in [0.5, 0.6) is 0 Å². The highest BCUT2D eigenvalue weighted by Crippen LogP contribution is 2.27. The molecule has 0 radical (unpaired) electrons. The molecule has 7 nitrogen and oxygen atoms in total. The maximum atomic E-state index is 14.4. The van der Waals surface area contributed by atoms with Gasteiger partial charge in [0.15, 0.2) is 0 Å². The molecule has 7 heteroatoms. The summed E-state index contributed by atoms with van der Waals surface area (Å²) in [7, 11) is 0. The molecule has 40 heavy (non-hydrogen) atoms. The second kappa shape index (κ2) is 16.6. The van der Waals surface area contributed by atoms with Crippen LogP contribution in [0.25, 0.3) is 0 Å². The highest BCUT2D eigenvalue weighted by atomic mass is 16.6. The van der Waals surface area contributed by atoms with Gasteiger partial charge < -0.3 is 20.3 Å². The van der Waals surface area contributed by atoms with Crippen LogP contribution in [0, 0.1) is 12.8 Å². The number of ether oxygens (including phenoxy) is 1. The van der Waals surface area contributed by atoms with E-state index in [-0.39, 0.29) is 23.8 Å². The number of nitrogens with zero attached hydrogens (tertiary/aromatic N) is 1. The molecule has 1 aliphatic carbocycles. The molecule has 2 rings (SSSR count). The van der Waals surface area contributed by atoms with Crippen LogP contribution >= 0.6 is 0 Å². The fraction of sp³-hybridized carbons (Fsp3) is 0.727.